The zero-order chi connectivity index (χ0) is 22.9. The van der Waals surface area contributed by atoms with E-state index in [1.165, 1.54) is 11.6 Å². The van der Waals surface area contributed by atoms with Crippen LogP contribution in [0.2, 0.25) is 0 Å². The van der Waals surface area contributed by atoms with E-state index < -0.39 is 7.81 Å². The largest absolute Gasteiger partial charge is 2.00 e. The van der Waals surface area contributed by atoms with E-state index in [4.69, 9.17) is 11.1 Å². The van der Waals surface area contributed by atoms with Crippen LogP contribution in [0.3, 0.4) is 0 Å². The molecule has 2 N–H and O–H groups in total. The standard InChI is InChI=1S/C10H8N2.C6H8N5.F6P.Pt/c1-3-7-11-9(5-1)10-6-2-4-8-12-10;1-5(7)10-6(8)11-4-2-3-9-11;1-7(2,3,4,5)6;/h1-8H;2-4H,1H3,(H2-,7,8,10);;/q;2*-1;+2. The van der Waals surface area contributed by atoms with Crippen LogP contribution in [0.4, 0.5) is 25.2 Å². The average Bonchev–Trinajstić information content (AvgIpc) is 3.15. The molecule has 0 radical (unpaired) electrons. The van der Waals surface area contributed by atoms with Crippen molar-refractivity contribution in [1.29, 1.82) is 5.41 Å². The molecular weight excluding hydrogens is 630 g/mol. The first kappa shape index (κ1) is 28.3. The Bertz CT molecular complexity index is 914. The molecule has 0 bridgehead atoms. The number of hydrogen-bond acceptors (Lipinski definition) is 4. The SMILES string of the molecule is C/C([NH-])=N/C(=N)n1cccn1.F[P-](F)(F)(F)(F)F.[Pt+2].c1ccc(-c2ccccn2)nc1. The predicted octanol–water partition coefficient (Wildman–Crippen LogP) is 6.66. The fourth-order valence-corrected chi connectivity index (χ4v) is 1.63. The van der Waals surface area contributed by atoms with Gasteiger partial charge in [-0.3, -0.25) is 15.4 Å². The van der Waals surface area contributed by atoms with Crippen LogP contribution in [-0.4, -0.2) is 31.5 Å². The molecule has 0 spiro atoms. The summed E-state index contributed by atoms with van der Waals surface area (Å²) in [6.45, 7) is 1.51. The van der Waals surface area contributed by atoms with Crippen LogP contribution in [0.1, 0.15) is 6.92 Å². The van der Waals surface area contributed by atoms with Crippen molar-refractivity contribution < 1.29 is 46.2 Å². The van der Waals surface area contributed by atoms with Gasteiger partial charge in [-0.1, -0.05) is 18.0 Å². The van der Waals surface area contributed by atoms with E-state index in [0.717, 1.165) is 11.4 Å². The summed E-state index contributed by atoms with van der Waals surface area (Å²) in [6.07, 6.45) is 6.70. The maximum absolute atomic E-state index is 10.7. The van der Waals surface area contributed by atoms with Gasteiger partial charge in [-0.15, -0.1) is 0 Å². The second-order valence-corrected chi connectivity index (χ2v) is 7.28. The Balaban J connectivity index is 0.000000445. The molecular formula is C16H16F6N7PPt. The van der Waals surface area contributed by atoms with Crippen LogP contribution in [-0.2, 0) is 21.1 Å². The van der Waals surface area contributed by atoms with Crippen LogP contribution in [0.5, 0.6) is 0 Å². The topological polar surface area (TPSA) is 104 Å². The molecule has 0 atom stereocenters. The van der Waals surface area contributed by atoms with Crippen molar-refractivity contribution in [2.24, 2.45) is 4.99 Å². The van der Waals surface area contributed by atoms with E-state index in [1.54, 1.807) is 30.9 Å². The minimum absolute atomic E-state index is 0. The fourth-order valence-electron chi connectivity index (χ4n) is 1.63. The molecule has 0 fully saturated rings. The van der Waals surface area contributed by atoms with Gasteiger partial charge in [0.15, 0.2) is 0 Å². The minimum atomic E-state index is -10.7. The first-order chi connectivity index (χ1) is 13.6. The number of amidine groups is 1. The van der Waals surface area contributed by atoms with E-state index in [-0.39, 0.29) is 32.9 Å². The first-order valence-corrected chi connectivity index (χ1v) is 9.89. The maximum Gasteiger partial charge on any atom is 2.00 e. The molecule has 3 heterocycles. The quantitative estimate of drug-likeness (QED) is 0.138. The summed E-state index contributed by atoms with van der Waals surface area (Å²) in [5, 5.41) is 11.0. The Kier molecular flexibility index (Phi) is 9.68. The Hall–Kier alpha value is -2.65. The molecule has 172 valence electrons. The van der Waals surface area contributed by atoms with Crippen LogP contribution in [0, 0.1) is 5.41 Å². The number of aliphatic imine (C=N–C) groups is 1. The minimum Gasteiger partial charge on any atom is -0.255 e. The number of pyridine rings is 2. The summed E-state index contributed by atoms with van der Waals surface area (Å²) in [4.78, 5) is 12.0. The summed E-state index contributed by atoms with van der Waals surface area (Å²) in [7, 11) is -10.7. The molecule has 0 aromatic carbocycles. The zero-order valence-electron chi connectivity index (χ0n) is 15.6. The number of rotatable bonds is 1. The third-order valence-electron chi connectivity index (χ3n) is 2.59. The van der Waals surface area contributed by atoms with Crippen LogP contribution in [0.15, 0.2) is 72.2 Å². The van der Waals surface area contributed by atoms with Crippen molar-refractivity contribution in [2.75, 3.05) is 0 Å². The van der Waals surface area contributed by atoms with Gasteiger partial charge in [0.2, 0.25) is 0 Å². The second kappa shape index (κ2) is 10.6. The molecule has 3 aromatic rings. The Morgan fingerprint density at radius 1 is 0.903 bits per heavy atom. The van der Waals surface area contributed by atoms with Gasteiger partial charge < -0.3 is 10.7 Å². The number of nitrogens with zero attached hydrogens (tertiary/aromatic N) is 5. The second-order valence-electron chi connectivity index (χ2n) is 5.36. The van der Waals surface area contributed by atoms with E-state index in [0.29, 0.717) is 0 Å². The summed E-state index contributed by atoms with van der Waals surface area (Å²) in [6, 6.07) is 13.3. The molecule has 0 saturated heterocycles. The number of hydrogen-bond donors (Lipinski definition) is 1. The Labute approximate surface area is 187 Å². The first-order valence-electron chi connectivity index (χ1n) is 7.86. The van der Waals surface area contributed by atoms with Crippen LogP contribution < -0.4 is 0 Å². The maximum atomic E-state index is 9.87. The third-order valence-corrected chi connectivity index (χ3v) is 2.59. The van der Waals surface area contributed by atoms with E-state index in [9.17, 15) is 25.2 Å². The average molecular weight is 646 g/mol. The van der Waals surface area contributed by atoms with Gasteiger partial charge in [-0.25, -0.2) is 4.68 Å². The fraction of sp³-hybridized carbons (Fsp3) is 0.0625. The van der Waals surface area contributed by atoms with E-state index >= 15 is 0 Å². The van der Waals surface area contributed by atoms with Crippen molar-refractivity contribution >= 4 is 19.6 Å². The van der Waals surface area contributed by atoms with Gasteiger partial charge >= 0.3 is 54.1 Å². The molecule has 15 heteroatoms. The van der Waals surface area contributed by atoms with Crippen LogP contribution >= 0.6 is 7.81 Å². The van der Waals surface area contributed by atoms with Gasteiger partial charge in [0.1, 0.15) is 5.96 Å². The van der Waals surface area contributed by atoms with Crippen LogP contribution in [0.25, 0.3) is 17.1 Å². The molecule has 0 aliphatic heterocycles. The normalized spacial score (nSPS) is 13.1. The van der Waals surface area contributed by atoms with Crippen molar-refractivity contribution in [3.05, 3.63) is 73.0 Å². The number of nitrogens with one attached hydrogen (secondary N) is 2. The summed E-state index contributed by atoms with van der Waals surface area (Å²) >= 11 is 0. The molecule has 0 unspecified atom stereocenters. The predicted molar refractivity (Wildman–Crippen MR) is 104 cm³/mol. The van der Waals surface area contributed by atoms with Gasteiger partial charge in [0, 0.05) is 24.8 Å². The van der Waals surface area contributed by atoms with Gasteiger partial charge in [0.25, 0.3) is 0 Å². The monoisotopic (exact) mass is 646 g/mol. The molecule has 31 heavy (non-hydrogen) atoms. The summed E-state index contributed by atoms with van der Waals surface area (Å²) in [5.74, 6) is 0.0630. The molecule has 7 nitrogen and oxygen atoms in total. The molecule has 0 aliphatic rings. The molecule has 0 aliphatic carbocycles. The van der Waals surface area contributed by atoms with Gasteiger partial charge in [-0.05, 0) is 37.3 Å². The Morgan fingerprint density at radius 3 is 1.65 bits per heavy atom. The number of aromatic nitrogens is 4. The molecule has 3 rings (SSSR count). The van der Waals surface area contributed by atoms with E-state index in [1.807, 2.05) is 36.4 Å². The van der Waals surface area contributed by atoms with Crippen molar-refractivity contribution in [2.45, 2.75) is 6.92 Å². The van der Waals surface area contributed by atoms with Crippen molar-refractivity contribution in [1.82, 2.24) is 19.7 Å². The summed E-state index contributed by atoms with van der Waals surface area (Å²) in [5.41, 5.74) is 8.81. The summed E-state index contributed by atoms with van der Waals surface area (Å²) < 4.78 is 60.5. The Morgan fingerprint density at radius 2 is 1.35 bits per heavy atom. The van der Waals surface area contributed by atoms with Gasteiger partial charge in [-0.2, -0.15) is 5.10 Å². The van der Waals surface area contributed by atoms with E-state index in [2.05, 4.69) is 20.1 Å². The van der Waals surface area contributed by atoms with Crippen molar-refractivity contribution in [3.63, 3.8) is 0 Å². The number of halogens is 6. The third kappa shape index (κ3) is 16.8. The van der Waals surface area contributed by atoms with Gasteiger partial charge in [0.05, 0.1) is 11.4 Å². The molecule has 0 saturated carbocycles. The molecule has 3 aromatic heterocycles. The smallest absolute Gasteiger partial charge is 0.255 e. The zero-order valence-corrected chi connectivity index (χ0v) is 18.8. The van der Waals surface area contributed by atoms with Crippen molar-refractivity contribution in [3.8, 4) is 11.4 Å². The molecule has 0 amide bonds.